The van der Waals surface area contributed by atoms with E-state index in [1.54, 1.807) is 0 Å². The van der Waals surface area contributed by atoms with Crippen molar-refractivity contribution in [3.63, 3.8) is 0 Å². The zero-order valence-electron chi connectivity index (χ0n) is 4.95. The van der Waals surface area contributed by atoms with Crippen LogP contribution in [-0.2, 0) is 0 Å². The second-order valence-electron chi connectivity index (χ2n) is 1.85. The molecule has 0 bridgehead atoms. The number of nitrogens with zero attached hydrogens (tertiary/aromatic N) is 3. The summed E-state index contributed by atoms with van der Waals surface area (Å²) in [5.41, 5.74) is 0. The smallest absolute Gasteiger partial charge is 0.234 e. The van der Waals surface area contributed by atoms with Crippen LogP contribution in [0.4, 0.5) is 4.39 Å². The van der Waals surface area contributed by atoms with E-state index >= 15 is 0 Å². The number of halogens is 1. The first-order valence-corrected chi connectivity index (χ1v) is 2.72. The molecule has 0 saturated heterocycles. The molecule has 0 saturated carbocycles. The maximum absolute atomic E-state index is 12.4. The van der Waals surface area contributed by atoms with Crippen LogP contribution in [0.5, 0.6) is 0 Å². The predicted molar refractivity (Wildman–Crippen MR) is 31.8 cm³/mol. The highest BCUT2D eigenvalue weighted by atomic mass is 19.1. The number of hydrogen-bond donors (Lipinski definition) is 0. The van der Waals surface area contributed by atoms with Gasteiger partial charge in [-0.2, -0.15) is 0 Å². The molecule has 0 amide bonds. The second kappa shape index (κ2) is 1.76. The molecular weight excluding hydrogens is 133 g/mol. The van der Waals surface area contributed by atoms with Crippen molar-refractivity contribution in [3.05, 3.63) is 30.6 Å². The first kappa shape index (κ1) is 5.34. The van der Waals surface area contributed by atoms with Crippen LogP contribution in [0.2, 0.25) is 0 Å². The van der Waals surface area contributed by atoms with E-state index in [0.29, 0.717) is 5.78 Å². The summed E-state index contributed by atoms with van der Waals surface area (Å²) < 4.78 is 13.9. The third kappa shape index (κ3) is 0.655. The van der Waals surface area contributed by atoms with Gasteiger partial charge in [-0.25, -0.2) is 14.4 Å². The highest BCUT2D eigenvalue weighted by molar-refractivity contribution is 5.25. The lowest BCUT2D eigenvalue weighted by atomic mass is 10.6. The maximum Gasteiger partial charge on any atom is 0.234 e. The van der Waals surface area contributed by atoms with Gasteiger partial charge in [-0.3, -0.25) is 4.40 Å². The zero-order chi connectivity index (χ0) is 6.97. The van der Waals surface area contributed by atoms with E-state index in [1.807, 2.05) is 0 Å². The van der Waals surface area contributed by atoms with Crippen molar-refractivity contribution in [2.75, 3.05) is 0 Å². The molecule has 2 heterocycles. The molecule has 0 N–H and O–H groups in total. The van der Waals surface area contributed by atoms with E-state index in [-0.39, 0.29) is 5.82 Å². The lowest BCUT2D eigenvalue weighted by molar-refractivity contribution is 0.612. The minimum atomic E-state index is -0.376. The fourth-order valence-corrected chi connectivity index (χ4v) is 0.740. The van der Waals surface area contributed by atoms with Crippen LogP contribution in [0.1, 0.15) is 0 Å². The third-order valence-electron chi connectivity index (χ3n) is 1.16. The van der Waals surface area contributed by atoms with Crippen LogP contribution in [0, 0.1) is 12.0 Å². The van der Waals surface area contributed by atoms with E-state index in [4.69, 9.17) is 0 Å². The summed E-state index contributed by atoms with van der Waals surface area (Å²) in [4.78, 5) is 7.41. The molecule has 2 aromatic rings. The van der Waals surface area contributed by atoms with Crippen molar-refractivity contribution in [2.24, 2.45) is 0 Å². The summed E-state index contributed by atoms with van der Waals surface area (Å²) in [7, 11) is 0. The molecule has 0 aliphatic carbocycles. The quantitative estimate of drug-likeness (QED) is 0.532. The maximum atomic E-state index is 12.4. The van der Waals surface area contributed by atoms with Crippen LogP contribution in [-0.4, -0.2) is 14.4 Å². The number of aromatic nitrogens is 3. The van der Waals surface area contributed by atoms with Crippen LogP contribution in [0.3, 0.4) is 0 Å². The largest absolute Gasteiger partial charge is 0.288 e. The molecule has 0 aromatic carbocycles. The van der Waals surface area contributed by atoms with Gasteiger partial charge in [0.2, 0.25) is 5.78 Å². The minimum Gasteiger partial charge on any atom is -0.288 e. The number of rotatable bonds is 0. The molecule has 0 aliphatic heterocycles. The van der Waals surface area contributed by atoms with Gasteiger partial charge in [-0.05, 0) is 0 Å². The molecule has 0 atom stereocenters. The Bertz CT molecular complexity index is 355. The van der Waals surface area contributed by atoms with Crippen molar-refractivity contribution >= 4 is 5.78 Å². The zero-order valence-corrected chi connectivity index (χ0v) is 4.95. The Labute approximate surface area is 56.2 Å². The third-order valence-corrected chi connectivity index (χ3v) is 1.16. The molecular formula is C6H3FN3. The van der Waals surface area contributed by atoms with Crippen molar-refractivity contribution in [3.8, 4) is 0 Å². The van der Waals surface area contributed by atoms with Gasteiger partial charge in [-0.1, -0.05) is 0 Å². The summed E-state index contributed by atoms with van der Waals surface area (Å²) in [5, 5.41) is 0. The topological polar surface area (TPSA) is 30.2 Å². The van der Waals surface area contributed by atoms with E-state index < -0.39 is 0 Å². The van der Waals surface area contributed by atoms with Crippen LogP contribution >= 0.6 is 0 Å². The average Bonchev–Trinajstić information content (AvgIpc) is 2.33. The monoisotopic (exact) mass is 136 g/mol. The highest BCUT2D eigenvalue weighted by Crippen LogP contribution is 1.97. The average molecular weight is 136 g/mol. The van der Waals surface area contributed by atoms with E-state index in [9.17, 15) is 4.39 Å². The van der Waals surface area contributed by atoms with Crippen molar-refractivity contribution < 1.29 is 4.39 Å². The van der Waals surface area contributed by atoms with Crippen LogP contribution < -0.4 is 0 Å². The molecule has 10 heavy (non-hydrogen) atoms. The summed E-state index contributed by atoms with van der Waals surface area (Å²) in [5.74, 6) is 0.0836. The predicted octanol–water partition coefficient (Wildman–Crippen LogP) is 0.669. The Balaban J connectivity index is 2.86. The normalized spacial score (nSPS) is 10.5. The van der Waals surface area contributed by atoms with Gasteiger partial charge < -0.3 is 0 Å². The minimum absolute atomic E-state index is 0.376. The highest BCUT2D eigenvalue weighted by Gasteiger charge is 1.94. The summed E-state index contributed by atoms with van der Waals surface area (Å²) in [6.07, 6.45) is 6.49. The lowest BCUT2D eigenvalue weighted by Gasteiger charge is -1.89. The molecule has 0 aliphatic rings. The second-order valence-corrected chi connectivity index (χ2v) is 1.85. The Morgan fingerprint density at radius 3 is 3.40 bits per heavy atom. The Morgan fingerprint density at radius 2 is 2.50 bits per heavy atom. The fraction of sp³-hybridized carbons (Fsp3) is 0. The SMILES string of the molecule is Fc1cnc2n[c]cn2c1. The van der Waals surface area contributed by atoms with E-state index in [1.165, 1.54) is 16.8 Å². The van der Waals surface area contributed by atoms with Crippen LogP contribution in [0.25, 0.3) is 5.78 Å². The Hall–Kier alpha value is -1.45. The molecule has 2 aromatic heterocycles. The van der Waals surface area contributed by atoms with Crippen molar-refractivity contribution in [1.82, 2.24) is 14.4 Å². The van der Waals surface area contributed by atoms with Crippen LogP contribution in [0.15, 0.2) is 18.6 Å². The summed E-state index contributed by atoms with van der Waals surface area (Å²) in [6.45, 7) is 0. The van der Waals surface area contributed by atoms with Gasteiger partial charge in [0.1, 0.15) is 6.20 Å². The molecule has 0 spiro atoms. The number of imidazole rings is 1. The van der Waals surface area contributed by atoms with E-state index in [2.05, 4.69) is 16.2 Å². The van der Waals surface area contributed by atoms with Gasteiger partial charge in [0.15, 0.2) is 5.82 Å². The van der Waals surface area contributed by atoms with Gasteiger partial charge >= 0.3 is 0 Å². The van der Waals surface area contributed by atoms with Gasteiger partial charge in [0.05, 0.1) is 6.20 Å². The number of hydrogen-bond acceptors (Lipinski definition) is 2. The molecule has 0 fully saturated rings. The van der Waals surface area contributed by atoms with Gasteiger partial charge in [0, 0.05) is 12.4 Å². The molecule has 49 valence electrons. The summed E-state index contributed by atoms with van der Waals surface area (Å²) >= 11 is 0. The first-order chi connectivity index (χ1) is 4.86. The standard InChI is InChI=1S/C6H3FN3/c7-5-3-9-6-8-1-2-10(6)4-5/h2-4H. The van der Waals surface area contributed by atoms with Crippen molar-refractivity contribution in [1.29, 1.82) is 0 Å². The molecule has 2 rings (SSSR count). The van der Waals surface area contributed by atoms with Crippen molar-refractivity contribution in [2.45, 2.75) is 0 Å². The first-order valence-electron chi connectivity index (χ1n) is 2.72. The molecule has 1 radical (unpaired) electrons. The van der Waals surface area contributed by atoms with E-state index in [0.717, 1.165) is 6.20 Å². The molecule has 4 heteroatoms. The number of fused-ring (bicyclic) bond motifs is 1. The van der Waals surface area contributed by atoms with Gasteiger partial charge in [0.25, 0.3) is 0 Å². The molecule has 3 nitrogen and oxygen atoms in total. The fourth-order valence-electron chi connectivity index (χ4n) is 0.740. The Morgan fingerprint density at radius 1 is 1.60 bits per heavy atom. The Kier molecular flexibility index (Phi) is 0.943. The summed E-state index contributed by atoms with van der Waals surface area (Å²) in [6, 6.07) is 0. The van der Waals surface area contributed by atoms with Gasteiger partial charge in [-0.15, -0.1) is 0 Å². The molecule has 0 unspecified atom stereocenters. The lowest BCUT2D eigenvalue weighted by Crippen LogP contribution is -1.88.